The van der Waals surface area contributed by atoms with E-state index in [1.807, 2.05) is 0 Å². The van der Waals surface area contributed by atoms with Gasteiger partial charge in [0.2, 0.25) is 0 Å². The molecule has 286 valence electrons. The molecule has 0 saturated carbocycles. The first-order valence-corrected chi connectivity index (χ1v) is 21.5. The van der Waals surface area contributed by atoms with Gasteiger partial charge in [-0.2, -0.15) is 0 Å². The average molecular weight is 785 g/mol. The van der Waals surface area contributed by atoms with Crippen LogP contribution in [0, 0.1) is 0 Å². The van der Waals surface area contributed by atoms with Gasteiger partial charge in [-0.05, 0) is 115 Å². The maximum atomic E-state index is 2.49. The lowest BCUT2D eigenvalue weighted by Gasteiger charge is -2.16. The van der Waals surface area contributed by atoms with Gasteiger partial charge >= 0.3 is 0 Å². The van der Waals surface area contributed by atoms with Crippen molar-refractivity contribution in [3.63, 3.8) is 0 Å². The van der Waals surface area contributed by atoms with Crippen molar-refractivity contribution < 1.29 is 0 Å². The summed E-state index contributed by atoms with van der Waals surface area (Å²) >= 11 is 0. The molecule has 0 radical (unpaired) electrons. The molecule has 13 aromatic rings. The van der Waals surface area contributed by atoms with Gasteiger partial charge in [0.15, 0.2) is 0 Å². The predicted molar refractivity (Wildman–Crippen MR) is 263 cm³/mol. The molecular weight excluding hydrogens is 749 g/mol. The quantitative estimate of drug-likeness (QED) is 0.168. The van der Waals surface area contributed by atoms with Gasteiger partial charge in [0.05, 0.1) is 27.8 Å². The van der Waals surface area contributed by atoms with Crippen LogP contribution in [-0.2, 0) is 0 Å². The number of para-hydroxylation sites is 2. The smallest absolute Gasteiger partial charge is 0.0619 e. The van der Waals surface area contributed by atoms with E-state index in [4.69, 9.17) is 0 Å². The number of benzene rings is 11. The van der Waals surface area contributed by atoms with Gasteiger partial charge in [0.25, 0.3) is 0 Å². The molecule has 0 spiro atoms. The molecule has 62 heavy (non-hydrogen) atoms. The summed E-state index contributed by atoms with van der Waals surface area (Å²) in [6.45, 7) is 0. The molecule has 2 aromatic heterocycles. The lowest BCUT2D eigenvalue weighted by molar-refractivity contribution is 1.19. The van der Waals surface area contributed by atoms with Gasteiger partial charge in [-0.1, -0.05) is 170 Å². The van der Waals surface area contributed by atoms with E-state index in [-0.39, 0.29) is 0 Å². The Kier molecular flexibility index (Phi) is 6.86. The van der Waals surface area contributed by atoms with Gasteiger partial charge in [0, 0.05) is 38.0 Å². The zero-order chi connectivity index (χ0) is 40.5. The third kappa shape index (κ3) is 4.64. The number of hydrogen-bond acceptors (Lipinski definition) is 0. The summed E-state index contributed by atoms with van der Waals surface area (Å²) in [5.74, 6) is 0. The second kappa shape index (κ2) is 12.7. The highest BCUT2D eigenvalue weighted by Gasteiger charge is 2.23. The van der Waals surface area contributed by atoms with E-state index in [0.29, 0.717) is 0 Å². The Morgan fingerprint density at radius 2 is 0.887 bits per heavy atom. The van der Waals surface area contributed by atoms with Gasteiger partial charge < -0.3 is 9.13 Å². The highest BCUT2D eigenvalue weighted by Crippen LogP contribution is 2.49. The summed E-state index contributed by atoms with van der Waals surface area (Å²) in [5, 5.41) is 12.6. The summed E-state index contributed by atoms with van der Waals surface area (Å²) in [6, 6.07) is 81.1. The minimum Gasteiger partial charge on any atom is -0.309 e. The number of rotatable bonds is 4. The first kappa shape index (κ1) is 33.6. The highest BCUT2D eigenvalue weighted by molar-refractivity contribution is 6.20. The predicted octanol–water partition coefficient (Wildman–Crippen LogP) is 16.3. The second-order valence-electron chi connectivity index (χ2n) is 16.8. The maximum absolute atomic E-state index is 2.49. The van der Waals surface area contributed by atoms with Crippen molar-refractivity contribution in [3.8, 4) is 55.9 Å². The van der Waals surface area contributed by atoms with Crippen molar-refractivity contribution in [2.24, 2.45) is 0 Å². The highest BCUT2D eigenvalue weighted by atomic mass is 15.0. The van der Waals surface area contributed by atoms with Crippen molar-refractivity contribution in [1.29, 1.82) is 0 Å². The number of fused-ring (bicyclic) bond motifs is 12. The van der Waals surface area contributed by atoms with Crippen LogP contribution in [0.2, 0.25) is 0 Å². The molecule has 0 amide bonds. The van der Waals surface area contributed by atoms with E-state index in [2.05, 4.69) is 228 Å². The third-order valence-electron chi connectivity index (χ3n) is 13.6. The largest absolute Gasteiger partial charge is 0.309 e. The van der Waals surface area contributed by atoms with Crippen LogP contribution in [0.5, 0.6) is 0 Å². The van der Waals surface area contributed by atoms with E-state index >= 15 is 0 Å². The van der Waals surface area contributed by atoms with Crippen LogP contribution in [0.3, 0.4) is 0 Å². The fraction of sp³-hybridized carbons (Fsp3) is 0. The topological polar surface area (TPSA) is 9.86 Å². The van der Waals surface area contributed by atoms with Crippen molar-refractivity contribution in [1.82, 2.24) is 9.13 Å². The first-order valence-electron chi connectivity index (χ1n) is 21.5. The van der Waals surface area contributed by atoms with E-state index in [0.717, 1.165) is 0 Å². The van der Waals surface area contributed by atoms with Crippen molar-refractivity contribution in [2.45, 2.75) is 0 Å². The molecule has 0 unspecified atom stereocenters. The fourth-order valence-electron chi connectivity index (χ4n) is 10.9. The molecule has 2 heteroatoms. The Hall–Kier alpha value is -8.20. The molecular formula is C60H36N2. The molecule has 1 aliphatic carbocycles. The first-order chi connectivity index (χ1) is 30.8. The van der Waals surface area contributed by atoms with Gasteiger partial charge in [-0.25, -0.2) is 0 Å². The normalized spacial score (nSPS) is 12.2. The Morgan fingerprint density at radius 1 is 0.258 bits per heavy atom. The van der Waals surface area contributed by atoms with Crippen molar-refractivity contribution in [2.75, 3.05) is 0 Å². The molecule has 0 atom stereocenters. The van der Waals surface area contributed by atoms with Crippen LogP contribution < -0.4 is 0 Å². The molecule has 2 nitrogen and oxygen atoms in total. The van der Waals surface area contributed by atoms with E-state index < -0.39 is 0 Å². The van der Waals surface area contributed by atoms with Crippen LogP contribution >= 0.6 is 0 Å². The summed E-state index contributed by atoms with van der Waals surface area (Å²) in [5.41, 5.74) is 17.4. The molecule has 0 aliphatic heterocycles. The lowest BCUT2D eigenvalue weighted by Crippen LogP contribution is -1.97. The number of hydrogen-bond donors (Lipinski definition) is 0. The monoisotopic (exact) mass is 784 g/mol. The van der Waals surface area contributed by atoms with Crippen LogP contribution in [-0.4, -0.2) is 9.13 Å². The Balaban J connectivity index is 0.957. The zero-order valence-electron chi connectivity index (χ0n) is 33.7. The molecule has 0 bridgehead atoms. The van der Waals surface area contributed by atoms with Crippen molar-refractivity contribution in [3.05, 3.63) is 218 Å². The van der Waals surface area contributed by atoms with Gasteiger partial charge in [-0.3, -0.25) is 0 Å². The molecule has 1 aliphatic rings. The molecule has 2 heterocycles. The van der Waals surface area contributed by atoms with E-state index in [1.54, 1.807) is 0 Å². The Labute approximate surface area is 357 Å². The zero-order valence-corrected chi connectivity index (χ0v) is 33.7. The van der Waals surface area contributed by atoms with Gasteiger partial charge in [0.1, 0.15) is 0 Å². The Bertz CT molecular complexity index is 4030. The minimum atomic E-state index is 1.17. The molecule has 0 fully saturated rings. The summed E-state index contributed by atoms with van der Waals surface area (Å²) < 4.78 is 4.93. The molecule has 0 N–H and O–H groups in total. The van der Waals surface area contributed by atoms with E-state index in [1.165, 1.54) is 132 Å². The third-order valence-corrected chi connectivity index (χ3v) is 13.6. The summed E-state index contributed by atoms with van der Waals surface area (Å²) in [6.07, 6.45) is 0. The fourth-order valence-corrected chi connectivity index (χ4v) is 10.9. The summed E-state index contributed by atoms with van der Waals surface area (Å²) in [4.78, 5) is 0. The average Bonchev–Trinajstić information content (AvgIpc) is 3.97. The molecule has 11 aromatic carbocycles. The van der Waals surface area contributed by atoms with Crippen LogP contribution in [0.1, 0.15) is 0 Å². The number of aromatic nitrogens is 2. The SMILES string of the molecule is c1ccc(-n2c3ccc(-c4ccc5c6ccccc6n(-c6ccc(-c7ccc8c(c7)-c7cccc9cccc-8c79)c7ccccc67)c5c4)cc3c3ccc4ccccc4c32)cc1. The number of nitrogens with zero attached hydrogens (tertiary/aromatic N) is 2. The van der Waals surface area contributed by atoms with Gasteiger partial charge in [-0.15, -0.1) is 0 Å². The van der Waals surface area contributed by atoms with Crippen LogP contribution in [0.4, 0.5) is 0 Å². The molecule has 14 rings (SSSR count). The van der Waals surface area contributed by atoms with E-state index in [9.17, 15) is 0 Å². The lowest BCUT2D eigenvalue weighted by atomic mass is 9.93. The molecule has 0 saturated heterocycles. The second-order valence-corrected chi connectivity index (χ2v) is 16.8. The van der Waals surface area contributed by atoms with Crippen molar-refractivity contribution >= 4 is 75.9 Å². The standard InChI is InChI=1S/C60H36N2/c1-2-15-42(16-3-1)61-57-32-27-39(34-54(57)52-30-24-37-12-4-5-17-44(37)60(52)61)40-25-29-49-48-20-8-9-23-55(48)62(58(49)36-40)56-33-31-43(45-18-6-7-19-47(45)56)41-26-28-46-50-21-10-13-38-14-11-22-51(59(38)50)53(46)35-41/h1-36H. The van der Waals surface area contributed by atoms with Crippen LogP contribution in [0.25, 0.3) is 132 Å². The summed E-state index contributed by atoms with van der Waals surface area (Å²) in [7, 11) is 0. The maximum Gasteiger partial charge on any atom is 0.0619 e. The minimum absolute atomic E-state index is 1.17. The Morgan fingerprint density at radius 3 is 1.76 bits per heavy atom. The van der Waals surface area contributed by atoms with Crippen LogP contribution in [0.15, 0.2) is 218 Å².